The fraction of sp³-hybridized carbons (Fsp3) is 0.333. The van der Waals surface area contributed by atoms with E-state index in [-0.39, 0.29) is 0 Å². The number of benzene rings is 2. The molecule has 1 aromatic heterocycles. The monoisotopic (exact) mass is 415 g/mol. The molecule has 8 heteroatoms. The number of methoxy groups -OCH3 is 2. The van der Waals surface area contributed by atoms with Crippen molar-refractivity contribution >= 4 is 11.8 Å². The largest absolute Gasteiger partial charge is 0.493 e. The van der Waals surface area contributed by atoms with Crippen LogP contribution in [0.5, 0.6) is 23.0 Å². The molecule has 0 atom stereocenters. The van der Waals surface area contributed by atoms with Crippen LogP contribution < -0.4 is 18.9 Å². The maximum atomic E-state index is 5.88. The van der Waals surface area contributed by atoms with Crippen LogP contribution in [0.3, 0.4) is 0 Å². The van der Waals surface area contributed by atoms with Crippen molar-refractivity contribution in [1.29, 1.82) is 0 Å². The van der Waals surface area contributed by atoms with Gasteiger partial charge in [-0.2, -0.15) is 0 Å². The minimum Gasteiger partial charge on any atom is -0.493 e. The number of hydrogen-bond acceptors (Lipinski definition) is 7. The molecule has 29 heavy (non-hydrogen) atoms. The lowest BCUT2D eigenvalue weighted by atomic mass is 10.3. The molecule has 0 aliphatic heterocycles. The fourth-order valence-corrected chi connectivity index (χ4v) is 3.59. The minimum atomic E-state index is 0.319. The predicted octanol–water partition coefficient (Wildman–Crippen LogP) is 4.07. The Labute approximate surface area is 175 Å². The van der Waals surface area contributed by atoms with Crippen LogP contribution in [0.2, 0.25) is 0 Å². The van der Waals surface area contributed by atoms with Gasteiger partial charge in [0, 0.05) is 12.3 Å². The van der Waals surface area contributed by atoms with Gasteiger partial charge in [-0.15, -0.1) is 10.2 Å². The zero-order chi connectivity index (χ0) is 20.5. The average molecular weight is 416 g/mol. The first-order valence-corrected chi connectivity index (χ1v) is 10.3. The molecule has 0 spiro atoms. The van der Waals surface area contributed by atoms with E-state index in [9.17, 15) is 0 Å². The van der Waals surface area contributed by atoms with E-state index in [4.69, 9.17) is 18.9 Å². The number of nitrogens with zero attached hydrogens (tertiary/aromatic N) is 3. The topological polar surface area (TPSA) is 67.6 Å². The molecule has 0 aliphatic carbocycles. The number of para-hydroxylation sites is 4. The summed E-state index contributed by atoms with van der Waals surface area (Å²) in [5.41, 5.74) is 0. The van der Waals surface area contributed by atoms with Crippen LogP contribution >= 0.6 is 11.8 Å². The summed E-state index contributed by atoms with van der Waals surface area (Å²) < 4.78 is 24.4. The molecule has 0 saturated heterocycles. The number of thioether (sulfide) groups is 1. The number of hydrogen-bond donors (Lipinski definition) is 0. The number of ether oxygens (including phenoxy) is 4. The summed E-state index contributed by atoms with van der Waals surface area (Å²) in [5.74, 6) is 4.34. The highest BCUT2D eigenvalue weighted by atomic mass is 32.2. The average Bonchev–Trinajstić information content (AvgIpc) is 3.17. The van der Waals surface area contributed by atoms with Crippen molar-refractivity contribution < 1.29 is 18.9 Å². The van der Waals surface area contributed by atoms with E-state index in [2.05, 4.69) is 17.1 Å². The second kappa shape index (κ2) is 10.6. The maximum absolute atomic E-state index is 5.88. The smallest absolute Gasteiger partial charge is 0.191 e. The first-order chi connectivity index (χ1) is 14.3. The van der Waals surface area contributed by atoms with Gasteiger partial charge in [0.05, 0.1) is 20.8 Å². The van der Waals surface area contributed by atoms with Crippen molar-refractivity contribution in [2.45, 2.75) is 25.2 Å². The van der Waals surface area contributed by atoms with Gasteiger partial charge in [0.1, 0.15) is 6.61 Å². The van der Waals surface area contributed by atoms with E-state index in [0.717, 1.165) is 34.8 Å². The van der Waals surface area contributed by atoms with Gasteiger partial charge in [-0.3, -0.25) is 0 Å². The quantitative estimate of drug-likeness (QED) is 0.345. The highest BCUT2D eigenvalue weighted by Crippen LogP contribution is 2.28. The summed E-state index contributed by atoms with van der Waals surface area (Å²) in [7, 11) is 3.26. The molecule has 0 aliphatic rings. The molecule has 0 bridgehead atoms. The Hall–Kier alpha value is -2.87. The molecule has 154 valence electrons. The second-order valence-corrected chi connectivity index (χ2v) is 6.99. The van der Waals surface area contributed by atoms with Crippen molar-refractivity contribution in [2.75, 3.05) is 26.6 Å². The molecule has 3 rings (SSSR count). The lowest BCUT2D eigenvalue weighted by Crippen LogP contribution is -2.08. The van der Waals surface area contributed by atoms with Gasteiger partial charge in [0.25, 0.3) is 0 Å². The molecule has 7 nitrogen and oxygen atoms in total. The fourth-order valence-electron chi connectivity index (χ4n) is 2.75. The lowest BCUT2D eigenvalue weighted by Gasteiger charge is -2.12. The Balaban J connectivity index is 1.55. The molecule has 0 radical (unpaired) electrons. The molecule has 0 saturated carbocycles. The molecule has 0 unspecified atom stereocenters. The van der Waals surface area contributed by atoms with Crippen molar-refractivity contribution in [3.05, 3.63) is 54.4 Å². The van der Waals surface area contributed by atoms with Gasteiger partial charge in [-0.1, -0.05) is 36.0 Å². The van der Waals surface area contributed by atoms with Crippen LogP contribution in [0.4, 0.5) is 0 Å². The molecule has 2 aromatic carbocycles. The Morgan fingerprint density at radius 1 is 0.828 bits per heavy atom. The van der Waals surface area contributed by atoms with E-state index in [1.807, 2.05) is 53.1 Å². The van der Waals surface area contributed by atoms with E-state index >= 15 is 0 Å². The third-order valence-electron chi connectivity index (χ3n) is 4.18. The van der Waals surface area contributed by atoms with Crippen molar-refractivity contribution in [3.8, 4) is 23.0 Å². The standard InChI is InChI=1S/C21H25N3O4S/c1-4-24-20(15-28-19-12-8-6-10-17(19)26-3)22-23-21(24)29-14-13-27-18-11-7-5-9-16(18)25-2/h5-12H,4,13-15H2,1-3H3. The molecular weight excluding hydrogens is 390 g/mol. The molecule has 0 amide bonds. The Morgan fingerprint density at radius 3 is 2.00 bits per heavy atom. The van der Waals surface area contributed by atoms with Gasteiger partial charge in [-0.05, 0) is 31.2 Å². The number of aromatic nitrogens is 3. The lowest BCUT2D eigenvalue weighted by molar-refractivity contribution is 0.270. The van der Waals surface area contributed by atoms with Crippen LogP contribution in [-0.2, 0) is 13.2 Å². The van der Waals surface area contributed by atoms with Crippen LogP contribution in [0.1, 0.15) is 12.7 Å². The van der Waals surface area contributed by atoms with Gasteiger partial charge in [0.15, 0.2) is 34.0 Å². The normalized spacial score (nSPS) is 10.6. The highest BCUT2D eigenvalue weighted by molar-refractivity contribution is 7.99. The summed E-state index contributed by atoms with van der Waals surface area (Å²) in [6.07, 6.45) is 0. The third kappa shape index (κ3) is 5.35. The maximum Gasteiger partial charge on any atom is 0.191 e. The molecule has 0 fully saturated rings. The van der Waals surface area contributed by atoms with Crippen LogP contribution in [0.25, 0.3) is 0 Å². The Bertz CT molecular complexity index is 916. The third-order valence-corrected chi connectivity index (χ3v) is 5.11. The highest BCUT2D eigenvalue weighted by Gasteiger charge is 2.13. The van der Waals surface area contributed by atoms with Crippen LogP contribution in [-0.4, -0.2) is 41.3 Å². The van der Waals surface area contributed by atoms with E-state index in [0.29, 0.717) is 24.7 Å². The molecule has 1 heterocycles. The van der Waals surface area contributed by atoms with Crippen molar-refractivity contribution in [3.63, 3.8) is 0 Å². The van der Waals surface area contributed by atoms with Crippen LogP contribution in [0, 0.1) is 0 Å². The summed E-state index contributed by atoms with van der Waals surface area (Å²) >= 11 is 1.60. The predicted molar refractivity (Wildman–Crippen MR) is 112 cm³/mol. The SMILES string of the molecule is CCn1c(COc2ccccc2OC)nnc1SCCOc1ccccc1OC. The summed E-state index contributed by atoms with van der Waals surface area (Å²) in [6.45, 7) is 3.67. The summed E-state index contributed by atoms with van der Waals surface area (Å²) in [6, 6.07) is 15.2. The molecule has 0 N–H and O–H groups in total. The Kier molecular flexibility index (Phi) is 7.63. The van der Waals surface area contributed by atoms with Gasteiger partial charge >= 0.3 is 0 Å². The summed E-state index contributed by atoms with van der Waals surface area (Å²) in [4.78, 5) is 0. The van der Waals surface area contributed by atoms with Crippen molar-refractivity contribution in [2.24, 2.45) is 0 Å². The molecule has 3 aromatic rings. The first kappa shape index (κ1) is 20.9. The van der Waals surface area contributed by atoms with E-state index in [1.165, 1.54) is 0 Å². The van der Waals surface area contributed by atoms with Gasteiger partial charge in [0.2, 0.25) is 0 Å². The van der Waals surface area contributed by atoms with Gasteiger partial charge in [-0.25, -0.2) is 0 Å². The zero-order valence-corrected chi connectivity index (χ0v) is 17.6. The van der Waals surface area contributed by atoms with E-state index in [1.54, 1.807) is 26.0 Å². The Morgan fingerprint density at radius 2 is 1.41 bits per heavy atom. The first-order valence-electron chi connectivity index (χ1n) is 9.33. The molecular formula is C21H25N3O4S. The summed E-state index contributed by atoms with van der Waals surface area (Å²) in [5, 5.41) is 9.43. The van der Waals surface area contributed by atoms with Gasteiger partial charge < -0.3 is 23.5 Å². The van der Waals surface area contributed by atoms with Crippen LogP contribution in [0.15, 0.2) is 53.7 Å². The number of rotatable bonds is 11. The zero-order valence-electron chi connectivity index (χ0n) is 16.8. The van der Waals surface area contributed by atoms with Crippen molar-refractivity contribution in [1.82, 2.24) is 14.8 Å². The van der Waals surface area contributed by atoms with E-state index < -0.39 is 0 Å². The second-order valence-electron chi connectivity index (χ2n) is 5.93. The minimum absolute atomic E-state index is 0.319.